The third kappa shape index (κ3) is 1.59. The summed E-state index contributed by atoms with van der Waals surface area (Å²) < 4.78 is 2.42. The van der Waals surface area contributed by atoms with Gasteiger partial charge in [0.25, 0.3) is 0 Å². The van der Waals surface area contributed by atoms with E-state index < -0.39 is 0 Å². The molecule has 0 spiro atoms. The number of fused-ring (bicyclic) bond motifs is 1. The highest BCUT2D eigenvalue weighted by Crippen LogP contribution is 2.34. The van der Waals surface area contributed by atoms with Crippen LogP contribution in [0.4, 0.5) is 0 Å². The molecule has 1 aromatic carbocycles. The van der Waals surface area contributed by atoms with Crippen LogP contribution in [0.1, 0.15) is 42.6 Å². The molecule has 0 amide bonds. The summed E-state index contributed by atoms with van der Waals surface area (Å²) in [4.78, 5) is 0. The van der Waals surface area contributed by atoms with Gasteiger partial charge in [-0.3, -0.25) is 0 Å². The van der Waals surface area contributed by atoms with E-state index in [-0.39, 0.29) is 0 Å². The van der Waals surface area contributed by atoms with Crippen LogP contribution in [-0.4, -0.2) is 11.1 Å². The number of aromatic nitrogens is 1. The van der Waals surface area contributed by atoms with E-state index >= 15 is 0 Å². The Bertz CT molecular complexity index is 574. The fourth-order valence-electron chi connectivity index (χ4n) is 3.50. The van der Waals surface area contributed by atoms with Gasteiger partial charge < -0.3 is 9.88 Å². The van der Waals surface area contributed by atoms with Crippen molar-refractivity contribution in [2.45, 2.75) is 39.2 Å². The topological polar surface area (TPSA) is 17.0 Å². The van der Waals surface area contributed by atoms with Crippen molar-refractivity contribution >= 4 is 10.9 Å². The van der Waals surface area contributed by atoms with Crippen molar-refractivity contribution in [3.05, 3.63) is 35.0 Å². The first kappa shape index (κ1) is 11.8. The van der Waals surface area contributed by atoms with E-state index in [1.54, 1.807) is 0 Å². The van der Waals surface area contributed by atoms with Crippen LogP contribution in [-0.2, 0) is 13.5 Å². The molecule has 2 heteroatoms. The first-order chi connectivity index (χ1) is 8.74. The number of hydrogen-bond donors (Lipinski definition) is 1. The number of benzene rings is 1. The Morgan fingerprint density at radius 2 is 2.22 bits per heavy atom. The Labute approximate surface area is 109 Å². The average Bonchev–Trinajstić information content (AvgIpc) is 2.98. The van der Waals surface area contributed by atoms with Crippen LogP contribution < -0.4 is 5.32 Å². The van der Waals surface area contributed by atoms with E-state index in [0.29, 0.717) is 6.04 Å². The number of nitrogens with one attached hydrogen (secondary N) is 1. The fraction of sp³-hybridized carbons (Fsp3) is 0.500. The second kappa shape index (κ2) is 4.43. The summed E-state index contributed by atoms with van der Waals surface area (Å²) in [6.07, 6.45) is 3.67. The molecular formula is C16H22N2. The van der Waals surface area contributed by atoms with Crippen LogP contribution in [0.15, 0.2) is 18.2 Å². The van der Waals surface area contributed by atoms with Gasteiger partial charge >= 0.3 is 0 Å². The van der Waals surface area contributed by atoms with Gasteiger partial charge in [-0.05, 0) is 43.9 Å². The van der Waals surface area contributed by atoms with Gasteiger partial charge in [-0.15, -0.1) is 0 Å². The molecule has 0 bridgehead atoms. The number of nitrogens with zero attached hydrogens (tertiary/aromatic N) is 1. The molecule has 1 aliphatic rings. The average molecular weight is 242 g/mol. The maximum Gasteiger partial charge on any atom is 0.0515 e. The van der Waals surface area contributed by atoms with Gasteiger partial charge in [0, 0.05) is 24.2 Å². The van der Waals surface area contributed by atoms with E-state index in [9.17, 15) is 0 Å². The summed E-state index contributed by atoms with van der Waals surface area (Å²) in [6, 6.07) is 7.27. The molecule has 0 aliphatic carbocycles. The maximum absolute atomic E-state index is 3.63. The predicted molar refractivity (Wildman–Crippen MR) is 77.0 cm³/mol. The number of para-hydroxylation sites is 1. The van der Waals surface area contributed by atoms with Gasteiger partial charge in [-0.2, -0.15) is 0 Å². The monoisotopic (exact) mass is 242 g/mol. The van der Waals surface area contributed by atoms with E-state index in [0.717, 1.165) is 13.0 Å². The van der Waals surface area contributed by atoms with Gasteiger partial charge in [0.15, 0.2) is 0 Å². The van der Waals surface area contributed by atoms with Crippen molar-refractivity contribution < 1.29 is 0 Å². The highest BCUT2D eigenvalue weighted by atomic mass is 15.0. The SMILES string of the molecule is CCc1cccc2c(C)c(C3CCCN3)n(C)c12. The summed E-state index contributed by atoms with van der Waals surface area (Å²) >= 11 is 0. The first-order valence-electron chi connectivity index (χ1n) is 7.04. The predicted octanol–water partition coefficient (Wildman–Crippen LogP) is 3.47. The molecule has 1 unspecified atom stereocenters. The molecule has 1 aliphatic heterocycles. The van der Waals surface area contributed by atoms with E-state index in [1.807, 2.05) is 0 Å². The largest absolute Gasteiger partial charge is 0.346 e. The Morgan fingerprint density at radius 1 is 1.39 bits per heavy atom. The van der Waals surface area contributed by atoms with E-state index in [2.05, 4.69) is 49.0 Å². The van der Waals surface area contributed by atoms with Crippen LogP contribution in [0, 0.1) is 6.92 Å². The van der Waals surface area contributed by atoms with Crippen molar-refractivity contribution in [1.29, 1.82) is 0 Å². The van der Waals surface area contributed by atoms with Crippen molar-refractivity contribution in [2.75, 3.05) is 6.54 Å². The van der Waals surface area contributed by atoms with Crippen molar-refractivity contribution in [2.24, 2.45) is 7.05 Å². The third-order valence-corrected chi connectivity index (χ3v) is 4.38. The molecule has 1 aromatic heterocycles. The zero-order valence-corrected chi connectivity index (χ0v) is 11.6. The summed E-state index contributed by atoms with van der Waals surface area (Å²) in [5.74, 6) is 0. The minimum absolute atomic E-state index is 0.548. The first-order valence-corrected chi connectivity index (χ1v) is 7.04. The zero-order valence-electron chi connectivity index (χ0n) is 11.6. The molecule has 0 saturated carbocycles. The molecule has 0 radical (unpaired) electrons. The molecule has 1 atom stereocenters. The van der Waals surface area contributed by atoms with Crippen LogP contribution in [0.5, 0.6) is 0 Å². The maximum atomic E-state index is 3.63. The van der Waals surface area contributed by atoms with Gasteiger partial charge in [-0.1, -0.05) is 25.1 Å². The molecule has 2 nitrogen and oxygen atoms in total. The summed E-state index contributed by atoms with van der Waals surface area (Å²) in [5.41, 5.74) is 5.84. The molecule has 2 aromatic rings. The Kier molecular flexibility index (Phi) is 2.90. The lowest BCUT2D eigenvalue weighted by Crippen LogP contribution is -2.16. The molecule has 1 saturated heterocycles. The molecule has 2 heterocycles. The molecule has 96 valence electrons. The lowest BCUT2D eigenvalue weighted by Gasteiger charge is -2.14. The second-order valence-corrected chi connectivity index (χ2v) is 5.39. The highest BCUT2D eigenvalue weighted by Gasteiger charge is 2.23. The molecule has 1 N–H and O–H groups in total. The van der Waals surface area contributed by atoms with Crippen LogP contribution in [0.3, 0.4) is 0 Å². The molecular weight excluding hydrogens is 220 g/mol. The lowest BCUT2D eigenvalue weighted by molar-refractivity contribution is 0.600. The number of aryl methyl sites for hydroxylation is 3. The minimum Gasteiger partial charge on any atom is -0.346 e. The van der Waals surface area contributed by atoms with Gasteiger partial charge in [0.05, 0.1) is 5.52 Å². The molecule has 3 rings (SSSR count). The smallest absolute Gasteiger partial charge is 0.0515 e. The lowest BCUT2D eigenvalue weighted by atomic mass is 10.0. The summed E-state index contributed by atoms with van der Waals surface area (Å²) in [6.45, 7) is 5.67. The van der Waals surface area contributed by atoms with Crippen molar-refractivity contribution in [1.82, 2.24) is 9.88 Å². The van der Waals surface area contributed by atoms with Gasteiger partial charge in [0.1, 0.15) is 0 Å². The zero-order chi connectivity index (χ0) is 12.7. The van der Waals surface area contributed by atoms with Crippen molar-refractivity contribution in [3.8, 4) is 0 Å². The van der Waals surface area contributed by atoms with E-state index in [4.69, 9.17) is 0 Å². The van der Waals surface area contributed by atoms with Crippen molar-refractivity contribution in [3.63, 3.8) is 0 Å². The Morgan fingerprint density at radius 3 is 2.89 bits per heavy atom. The normalized spacial score (nSPS) is 19.8. The standard InChI is InChI=1S/C16H22N2/c1-4-12-7-5-8-13-11(2)15(18(3)16(12)13)14-9-6-10-17-14/h5,7-8,14,17H,4,6,9-10H2,1-3H3. The summed E-state index contributed by atoms with van der Waals surface area (Å²) in [5, 5.41) is 5.06. The second-order valence-electron chi connectivity index (χ2n) is 5.39. The van der Waals surface area contributed by atoms with E-state index in [1.165, 1.54) is 40.6 Å². The highest BCUT2D eigenvalue weighted by molar-refractivity contribution is 5.88. The van der Waals surface area contributed by atoms with Crippen LogP contribution in [0.25, 0.3) is 10.9 Å². The quantitative estimate of drug-likeness (QED) is 0.853. The number of rotatable bonds is 2. The van der Waals surface area contributed by atoms with Gasteiger partial charge in [0.2, 0.25) is 0 Å². The van der Waals surface area contributed by atoms with Crippen LogP contribution >= 0.6 is 0 Å². The molecule has 1 fully saturated rings. The Balaban J connectivity index is 2.26. The molecule has 18 heavy (non-hydrogen) atoms. The number of hydrogen-bond acceptors (Lipinski definition) is 1. The van der Waals surface area contributed by atoms with Crippen LogP contribution in [0.2, 0.25) is 0 Å². The minimum atomic E-state index is 0.548. The fourth-order valence-corrected chi connectivity index (χ4v) is 3.50. The third-order valence-electron chi connectivity index (χ3n) is 4.38. The Hall–Kier alpha value is -1.28. The summed E-state index contributed by atoms with van der Waals surface area (Å²) in [7, 11) is 2.23. The van der Waals surface area contributed by atoms with Gasteiger partial charge in [-0.25, -0.2) is 0 Å².